The Morgan fingerprint density at radius 1 is 1.38 bits per heavy atom. The van der Waals surface area contributed by atoms with Gasteiger partial charge in [-0.15, -0.1) is 0 Å². The lowest BCUT2D eigenvalue weighted by atomic mass is 10.1. The molecule has 0 spiro atoms. The average molecular weight is 219 g/mol. The molecule has 6 nitrogen and oxygen atoms in total. The van der Waals surface area contributed by atoms with Crippen LogP contribution in [0.4, 0.5) is 11.5 Å². The summed E-state index contributed by atoms with van der Waals surface area (Å²) in [6.07, 6.45) is 3.57. The van der Waals surface area contributed by atoms with Gasteiger partial charge in [-0.3, -0.25) is 4.68 Å². The van der Waals surface area contributed by atoms with Crippen molar-refractivity contribution >= 4 is 11.5 Å². The van der Waals surface area contributed by atoms with Crippen molar-refractivity contribution in [2.24, 2.45) is 7.05 Å². The van der Waals surface area contributed by atoms with Crippen molar-refractivity contribution in [1.29, 1.82) is 0 Å². The largest absolute Gasteiger partial charge is 0.480 e. The number of nitrogens with zero attached hydrogens (tertiary/aromatic N) is 3. The Morgan fingerprint density at radius 3 is 2.69 bits per heavy atom. The fourth-order valence-corrected chi connectivity index (χ4v) is 1.45. The maximum atomic E-state index is 5.72. The van der Waals surface area contributed by atoms with Crippen molar-refractivity contribution in [2.75, 3.05) is 18.6 Å². The van der Waals surface area contributed by atoms with Gasteiger partial charge in [-0.2, -0.15) is 10.1 Å². The fourth-order valence-electron chi connectivity index (χ4n) is 1.45. The van der Waals surface area contributed by atoms with Gasteiger partial charge in [0, 0.05) is 24.4 Å². The highest BCUT2D eigenvalue weighted by Crippen LogP contribution is 2.31. The number of pyridine rings is 1. The number of methoxy groups -OCH3 is 1. The average Bonchev–Trinajstić information content (AvgIpc) is 2.68. The first-order valence-corrected chi connectivity index (χ1v) is 4.71. The lowest BCUT2D eigenvalue weighted by Gasteiger charge is -2.08. The molecule has 2 aromatic rings. The Labute approximate surface area is 92.8 Å². The second-order valence-electron chi connectivity index (χ2n) is 3.42. The van der Waals surface area contributed by atoms with Gasteiger partial charge in [0.15, 0.2) is 5.82 Å². The molecule has 0 aliphatic rings. The SMILES string of the molecule is COc1nc(N)c(N)cc1-c1cnn(C)c1. The van der Waals surface area contributed by atoms with Gasteiger partial charge in [-0.1, -0.05) is 0 Å². The molecule has 0 bridgehead atoms. The lowest BCUT2D eigenvalue weighted by molar-refractivity contribution is 0.400. The molecule has 0 radical (unpaired) electrons. The molecule has 16 heavy (non-hydrogen) atoms. The van der Waals surface area contributed by atoms with Gasteiger partial charge in [-0.05, 0) is 6.07 Å². The van der Waals surface area contributed by atoms with E-state index in [4.69, 9.17) is 16.2 Å². The Hall–Kier alpha value is -2.24. The highest BCUT2D eigenvalue weighted by molar-refractivity contribution is 5.75. The molecule has 2 aromatic heterocycles. The van der Waals surface area contributed by atoms with Crippen LogP contribution in [-0.2, 0) is 7.05 Å². The summed E-state index contributed by atoms with van der Waals surface area (Å²) in [5.74, 6) is 0.712. The van der Waals surface area contributed by atoms with Crippen molar-refractivity contribution in [3.05, 3.63) is 18.5 Å². The standard InChI is InChI=1S/C10H13N5O/c1-15-5-6(4-13-15)7-3-8(11)9(12)14-10(7)16-2/h3-5H,11H2,1-2H3,(H2,12,14). The van der Waals surface area contributed by atoms with Gasteiger partial charge in [0.2, 0.25) is 5.88 Å². The number of rotatable bonds is 2. The van der Waals surface area contributed by atoms with Crippen LogP contribution in [0.15, 0.2) is 18.5 Å². The second kappa shape index (κ2) is 3.73. The molecule has 0 atom stereocenters. The molecule has 0 aliphatic carbocycles. The predicted octanol–water partition coefficient (Wildman–Crippen LogP) is 0.655. The molecule has 84 valence electrons. The van der Waals surface area contributed by atoms with E-state index in [1.807, 2.05) is 13.2 Å². The fraction of sp³-hybridized carbons (Fsp3) is 0.200. The molecule has 6 heteroatoms. The zero-order valence-corrected chi connectivity index (χ0v) is 9.14. The molecule has 0 aliphatic heterocycles. The summed E-state index contributed by atoms with van der Waals surface area (Å²) in [7, 11) is 3.38. The molecule has 0 aromatic carbocycles. The van der Waals surface area contributed by atoms with E-state index < -0.39 is 0 Å². The summed E-state index contributed by atoms with van der Waals surface area (Å²) in [5, 5.41) is 4.08. The van der Waals surface area contributed by atoms with E-state index in [1.165, 1.54) is 7.11 Å². The van der Waals surface area contributed by atoms with E-state index in [0.717, 1.165) is 11.1 Å². The highest BCUT2D eigenvalue weighted by Gasteiger charge is 2.11. The number of ether oxygens (including phenoxy) is 1. The number of hydrogen-bond donors (Lipinski definition) is 2. The minimum atomic E-state index is 0.268. The van der Waals surface area contributed by atoms with Crippen LogP contribution in [0.5, 0.6) is 5.88 Å². The minimum Gasteiger partial charge on any atom is -0.480 e. The van der Waals surface area contributed by atoms with Gasteiger partial charge in [-0.25, -0.2) is 0 Å². The zero-order chi connectivity index (χ0) is 11.7. The monoisotopic (exact) mass is 219 g/mol. The van der Waals surface area contributed by atoms with E-state index in [-0.39, 0.29) is 5.82 Å². The van der Waals surface area contributed by atoms with Crippen molar-refractivity contribution in [1.82, 2.24) is 14.8 Å². The molecular formula is C10H13N5O. The quantitative estimate of drug-likeness (QED) is 0.773. The molecular weight excluding hydrogens is 206 g/mol. The highest BCUT2D eigenvalue weighted by atomic mass is 16.5. The number of aryl methyl sites for hydroxylation is 1. The van der Waals surface area contributed by atoms with Crippen LogP contribution in [0.1, 0.15) is 0 Å². The normalized spacial score (nSPS) is 10.4. The molecule has 4 N–H and O–H groups in total. The van der Waals surface area contributed by atoms with Crippen LogP contribution >= 0.6 is 0 Å². The first kappa shape index (κ1) is 10.3. The van der Waals surface area contributed by atoms with E-state index >= 15 is 0 Å². The van der Waals surface area contributed by atoms with E-state index in [9.17, 15) is 0 Å². The molecule has 2 heterocycles. The van der Waals surface area contributed by atoms with Crippen molar-refractivity contribution in [3.63, 3.8) is 0 Å². The van der Waals surface area contributed by atoms with Crippen LogP contribution in [-0.4, -0.2) is 21.9 Å². The van der Waals surface area contributed by atoms with Gasteiger partial charge in [0.05, 0.1) is 19.0 Å². The summed E-state index contributed by atoms with van der Waals surface area (Å²) < 4.78 is 6.86. The number of aromatic nitrogens is 3. The summed E-state index contributed by atoms with van der Waals surface area (Å²) in [5.41, 5.74) is 13.4. The topological polar surface area (TPSA) is 92.0 Å². The van der Waals surface area contributed by atoms with Crippen LogP contribution in [0.25, 0.3) is 11.1 Å². The van der Waals surface area contributed by atoms with Gasteiger partial charge < -0.3 is 16.2 Å². The van der Waals surface area contributed by atoms with E-state index in [1.54, 1.807) is 16.9 Å². The Morgan fingerprint density at radius 2 is 2.12 bits per heavy atom. The Balaban J connectivity index is 2.59. The first-order chi connectivity index (χ1) is 7.61. The number of anilines is 2. The second-order valence-corrected chi connectivity index (χ2v) is 3.42. The molecule has 0 saturated heterocycles. The lowest BCUT2D eigenvalue weighted by Crippen LogP contribution is -2.01. The number of nitrogens with two attached hydrogens (primary N) is 2. The molecule has 0 fully saturated rings. The number of nitrogen functional groups attached to an aromatic ring is 2. The summed E-state index contributed by atoms with van der Waals surface area (Å²) in [6.45, 7) is 0. The summed E-state index contributed by atoms with van der Waals surface area (Å²) >= 11 is 0. The molecule has 2 rings (SSSR count). The first-order valence-electron chi connectivity index (χ1n) is 4.71. The third-order valence-electron chi connectivity index (χ3n) is 2.26. The van der Waals surface area contributed by atoms with Gasteiger partial charge in [0.25, 0.3) is 0 Å². The van der Waals surface area contributed by atoms with Crippen molar-refractivity contribution in [3.8, 4) is 17.0 Å². The van der Waals surface area contributed by atoms with Crippen molar-refractivity contribution < 1.29 is 4.74 Å². The van der Waals surface area contributed by atoms with Crippen LogP contribution in [0.3, 0.4) is 0 Å². The van der Waals surface area contributed by atoms with E-state index in [2.05, 4.69) is 10.1 Å². The third-order valence-corrected chi connectivity index (χ3v) is 2.26. The van der Waals surface area contributed by atoms with Crippen LogP contribution in [0, 0.1) is 0 Å². The maximum Gasteiger partial charge on any atom is 0.223 e. The van der Waals surface area contributed by atoms with E-state index in [0.29, 0.717) is 11.6 Å². The smallest absolute Gasteiger partial charge is 0.223 e. The molecule has 0 amide bonds. The summed E-state index contributed by atoms with van der Waals surface area (Å²) in [6, 6.07) is 1.73. The van der Waals surface area contributed by atoms with Crippen molar-refractivity contribution in [2.45, 2.75) is 0 Å². The van der Waals surface area contributed by atoms with Gasteiger partial charge in [0.1, 0.15) is 0 Å². The third kappa shape index (κ3) is 1.65. The van der Waals surface area contributed by atoms with Crippen LogP contribution in [0.2, 0.25) is 0 Å². The predicted molar refractivity (Wildman–Crippen MR) is 61.8 cm³/mol. The minimum absolute atomic E-state index is 0.268. The zero-order valence-electron chi connectivity index (χ0n) is 9.14. The Kier molecular flexibility index (Phi) is 2.40. The molecule has 0 saturated carbocycles. The van der Waals surface area contributed by atoms with Crippen LogP contribution < -0.4 is 16.2 Å². The molecule has 0 unspecified atom stereocenters. The maximum absolute atomic E-state index is 5.72. The summed E-state index contributed by atoms with van der Waals surface area (Å²) in [4.78, 5) is 4.07. The Bertz CT molecular complexity index is 520. The van der Waals surface area contributed by atoms with Gasteiger partial charge >= 0.3 is 0 Å². The number of hydrogen-bond acceptors (Lipinski definition) is 5.